The first kappa shape index (κ1) is 19.9. The molecule has 0 aliphatic heterocycles. The molecule has 0 aromatic rings. The smallest absolute Gasteiger partial charge is 0.178 e. The number of hydrogen-bond donors (Lipinski definition) is 2. The summed E-state index contributed by atoms with van der Waals surface area (Å²) >= 11 is 0. The Balaban J connectivity index is 1.84. The van der Waals surface area contributed by atoms with E-state index in [1.807, 2.05) is 13.8 Å². The van der Waals surface area contributed by atoms with Gasteiger partial charge in [-0.2, -0.15) is 0 Å². The van der Waals surface area contributed by atoms with Gasteiger partial charge in [-0.05, 0) is 61.2 Å². The van der Waals surface area contributed by atoms with E-state index in [0.717, 1.165) is 0 Å². The van der Waals surface area contributed by atoms with E-state index in [1.165, 1.54) is 18.2 Å². The lowest BCUT2D eigenvalue weighted by Crippen LogP contribution is -2.68. The summed E-state index contributed by atoms with van der Waals surface area (Å²) in [7, 11) is 0. The average molecular weight is 394 g/mol. The van der Waals surface area contributed by atoms with E-state index >= 15 is 8.78 Å². The van der Waals surface area contributed by atoms with Crippen LogP contribution in [0.15, 0.2) is 23.8 Å². The van der Waals surface area contributed by atoms with Gasteiger partial charge in [-0.3, -0.25) is 9.59 Å². The van der Waals surface area contributed by atoms with Gasteiger partial charge in [0.05, 0.1) is 6.10 Å². The van der Waals surface area contributed by atoms with Crippen molar-refractivity contribution in [3.05, 3.63) is 23.8 Å². The molecule has 28 heavy (non-hydrogen) atoms. The van der Waals surface area contributed by atoms with Gasteiger partial charge in [0.15, 0.2) is 17.2 Å². The van der Waals surface area contributed by atoms with Crippen molar-refractivity contribution < 1.29 is 28.6 Å². The van der Waals surface area contributed by atoms with Crippen molar-refractivity contribution in [3.8, 4) is 0 Å². The van der Waals surface area contributed by atoms with Gasteiger partial charge >= 0.3 is 0 Å². The van der Waals surface area contributed by atoms with Crippen molar-refractivity contribution in [2.75, 3.05) is 6.61 Å². The third-order valence-electron chi connectivity index (χ3n) is 8.47. The lowest BCUT2D eigenvalue weighted by atomic mass is 9.45. The molecule has 0 aromatic carbocycles. The van der Waals surface area contributed by atoms with Crippen LogP contribution in [0.25, 0.3) is 0 Å². The minimum atomic E-state index is -2.11. The number of fused-ring (bicyclic) bond motifs is 5. The van der Waals surface area contributed by atoms with Crippen molar-refractivity contribution in [3.63, 3.8) is 0 Å². The normalized spacial score (nSPS) is 52.5. The van der Waals surface area contributed by atoms with Crippen LogP contribution in [0.4, 0.5) is 8.78 Å². The maximum atomic E-state index is 16.8. The number of allylic oxidation sites excluding steroid dienone is 4. The summed E-state index contributed by atoms with van der Waals surface area (Å²) in [6.45, 7) is 4.78. The molecular weight excluding hydrogens is 366 g/mol. The number of ketones is 2. The highest BCUT2D eigenvalue weighted by atomic mass is 19.1. The molecule has 0 saturated heterocycles. The van der Waals surface area contributed by atoms with Crippen LogP contribution in [-0.4, -0.2) is 46.3 Å². The number of hydrogen-bond acceptors (Lipinski definition) is 4. The zero-order valence-corrected chi connectivity index (χ0v) is 16.5. The molecule has 0 amide bonds. The SMILES string of the molecule is C[C@H]1C[C@H]2[C@@H]3C[C@H](F)C4=CC(=O)C=C[C@]4(C)[C@@]3(F)[C@H](O)C[C@]2(C)[C@H]1C(=O)CO. The van der Waals surface area contributed by atoms with Gasteiger partial charge in [0, 0.05) is 17.3 Å². The Labute approximate surface area is 163 Å². The zero-order chi connectivity index (χ0) is 20.6. The molecule has 0 unspecified atom stereocenters. The van der Waals surface area contributed by atoms with Crippen LogP contribution in [0.2, 0.25) is 0 Å². The Morgan fingerprint density at radius 2 is 1.96 bits per heavy atom. The second kappa shape index (κ2) is 6.05. The number of aliphatic hydroxyl groups excluding tert-OH is 2. The molecule has 0 aromatic heterocycles. The van der Waals surface area contributed by atoms with Crippen molar-refractivity contribution in [2.24, 2.45) is 34.5 Å². The highest BCUT2D eigenvalue weighted by Crippen LogP contribution is 2.70. The number of alkyl halides is 2. The van der Waals surface area contributed by atoms with E-state index in [9.17, 15) is 19.8 Å². The molecule has 4 nitrogen and oxygen atoms in total. The maximum Gasteiger partial charge on any atom is 0.178 e. The minimum Gasteiger partial charge on any atom is -0.390 e. The minimum absolute atomic E-state index is 0.0736. The second-order valence-corrected chi connectivity index (χ2v) is 9.76. The highest BCUT2D eigenvalue weighted by molar-refractivity contribution is 6.01. The van der Waals surface area contributed by atoms with E-state index in [0.29, 0.717) is 6.42 Å². The van der Waals surface area contributed by atoms with Crippen molar-refractivity contribution >= 4 is 11.6 Å². The lowest BCUT2D eigenvalue weighted by Gasteiger charge is -2.62. The van der Waals surface area contributed by atoms with Gasteiger partial charge in [-0.15, -0.1) is 0 Å². The molecule has 0 radical (unpaired) electrons. The molecule has 0 bridgehead atoms. The first-order chi connectivity index (χ1) is 13.0. The number of carbonyl (C=O) groups excluding carboxylic acids is 2. The molecular formula is C22H28F2O4. The third kappa shape index (κ3) is 2.22. The van der Waals surface area contributed by atoms with E-state index in [4.69, 9.17) is 0 Å². The molecule has 2 N–H and O–H groups in total. The van der Waals surface area contributed by atoms with Crippen LogP contribution in [0, 0.1) is 34.5 Å². The highest BCUT2D eigenvalue weighted by Gasteiger charge is 2.73. The zero-order valence-electron chi connectivity index (χ0n) is 16.5. The Kier molecular flexibility index (Phi) is 4.30. The molecule has 6 heteroatoms. The molecule has 154 valence electrons. The fourth-order valence-corrected chi connectivity index (χ4v) is 7.36. The fourth-order valence-electron chi connectivity index (χ4n) is 7.36. The Morgan fingerprint density at radius 3 is 2.61 bits per heavy atom. The van der Waals surface area contributed by atoms with Gasteiger partial charge in [0.2, 0.25) is 0 Å². The molecule has 4 rings (SSSR count). The largest absolute Gasteiger partial charge is 0.390 e. The quantitative estimate of drug-likeness (QED) is 0.755. The standard InChI is InChI=1S/C22H28F2O4/c1-11-6-13-14-8-16(23)15-7-12(26)4-5-21(15,3)22(14,24)18(28)9-20(13,2)19(11)17(27)10-25/h4-5,7,11,13-14,16,18-19,25,28H,6,8-10H2,1-3H3/t11-,13-,14-,16-,18+,19+,20-,21-,22-/m0/s1. The topological polar surface area (TPSA) is 74.6 Å². The molecule has 0 heterocycles. The predicted octanol–water partition coefficient (Wildman–Crippen LogP) is 2.73. The first-order valence-electron chi connectivity index (χ1n) is 10.1. The van der Waals surface area contributed by atoms with Gasteiger partial charge in [0.1, 0.15) is 12.8 Å². The van der Waals surface area contributed by atoms with E-state index in [1.54, 1.807) is 6.92 Å². The molecule has 3 fully saturated rings. The second-order valence-electron chi connectivity index (χ2n) is 9.76. The monoisotopic (exact) mass is 394 g/mol. The summed E-state index contributed by atoms with van der Waals surface area (Å²) in [5.41, 5.74) is -4.09. The van der Waals surface area contributed by atoms with Crippen molar-refractivity contribution in [2.45, 2.75) is 58.0 Å². The van der Waals surface area contributed by atoms with Crippen molar-refractivity contribution in [1.29, 1.82) is 0 Å². The van der Waals surface area contributed by atoms with Gasteiger partial charge in [-0.25, -0.2) is 8.78 Å². The summed E-state index contributed by atoms with van der Waals surface area (Å²) < 4.78 is 32.0. The summed E-state index contributed by atoms with van der Waals surface area (Å²) in [6, 6.07) is 0. The van der Waals surface area contributed by atoms with Crippen LogP contribution in [0.3, 0.4) is 0 Å². The molecule has 3 saturated carbocycles. The molecule has 9 atom stereocenters. The van der Waals surface area contributed by atoms with Crippen LogP contribution in [0.5, 0.6) is 0 Å². The maximum absolute atomic E-state index is 16.8. The van der Waals surface area contributed by atoms with Crippen LogP contribution in [0.1, 0.15) is 40.0 Å². The summed E-state index contributed by atoms with van der Waals surface area (Å²) in [4.78, 5) is 24.3. The third-order valence-corrected chi connectivity index (χ3v) is 8.47. The summed E-state index contributed by atoms with van der Waals surface area (Å²) in [5.74, 6) is -2.26. The van der Waals surface area contributed by atoms with Gasteiger partial charge < -0.3 is 10.2 Å². The van der Waals surface area contributed by atoms with E-state index < -0.39 is 47.2 Å². The number of rotatable bonds is 2. The molecule has 4 aliphatic carbocycles. The number of Topliss-reactive ketones (excluding diaryl/α,β-unsaturated/α-hetero) is 1. The van der Waals surface area contributed by atoms with Crippen LogP contribution >= 0.6 is 0 Å². The summed E-state index contributed by atoms with van der Waals surface area (Å²) in [5, 5.41) is 20.5. The molecule has 4 aliphatic rings. The Bertz CT molecular complexity index is 791. The number of carbonyl (C=O) groups is 2. The lowest BCUT2D eigenvalue weighted by molar-refractivity contribution is -0.202. The van der Waals surface area contributed by atoms with Gasteiger partial charge in [-0.1, -0.05) is 19.9 Å². The first-order valence-corrected chi connectivity index (χ1v) is 10.1. The number of halogens is 2. The Hall–Kier alpha value is -1.40. The fraction of sp³-hybridized carbons (Fsp3) is 0.727. The van der Waals surface area contributed by atoms with Gasteiger partial charge in [0.25, 0.3) is 0 Å². The summed E-state index contributed by atoms with van der Waals surface area (Å²) in [6.07, 6.45) is 1.52. The van der Waals surface area contributed by atoms with Crippen molar-refractivity contribution in [1.82, 2.24) is 0 Å². The Morgan fingerprint density at radius 1 is 1.29 bits per heavy atom. The molecule has 0 spiro atoms. The average Bonchev–Trinajstić information content (AvgIpc) is 2.89. The van der Waals surface area contributed by atoms with E-state index in [2.05, 4.69) is 0 Å². The van der Waals surface area contributed by atoms with E-state index in [-0.39, 0.29) is 41.8 Å². The van der Waals surface area contributed by atoms with Crippen LogP contribution in [-0.2, 0) is 9.59 Å². The predicted molar refractivity (Wildman–Crippen MR) is 98.8 cm³/mol. The van der Waals surface area contributed by atoms with Crippen LogP contribution < -0.4 is 0 Å². The number of aliphatic hydroxyl groups is 2.